The maximum Gasteiger partial charge on any atom is 0.217 e. The van der Waals surface area contributed by atoms with Crippen LogP contribution in [-0.2, 0) is 11.3 Å². The van der Waals surface area contributed by atoms with Gasteiger partial charge in [0.2, 0.25) is 5.82 Å². The van der Waals surface area contributed by atoms with Crippen molar-refractivity contribution in [3.8, 4) is 28.5 Å². The molecule has 9 nitrogen and oxygen atoms in total. The molecule has 2 N–H and O–H groups in total. The Balaban J connectivity index is 1.10. The van der Waals surface area contributed by atoms with Gasteiger partial charge in [0, 0.05) is 45.5 Å². The average molecular weight is 525 g/mol. The molecule has 6 rings (SSSR count). The molecule has 0 aliphatic carbocycles. The normalized spacial score (nSPS) is 14.2. The molecular formula is C30H32N6O3. The molecule has 1 fully saturated rings. The van der Waals surface area contributed by atoms with Crippen molar-refractivity contribution in [2.24, 2.45) is 0 Å². The van der Waals surface area contributed by atoms with Gasteiger partial charge in [-0.2, -0.15) is 4.52 Å². The van der Waals surface area contributed by atoms with Gasteiger partial charge in [0.25, 0.3) is 0 Å². The number of piperazine rings is 1. The molecule has 0 bridgehead atoms. The zero-order valence-corrected chi connectivity index (χ0v) is 22.0. The summed E-state index contributed by atoms with van der Waals surface area (Å²) in [5, 5.41) is 4.50. The van der Waals surface area contributed by atoms with Crippen LogP contribution in [0.5, 0.6) is 5.75 Å². The molecule has 0 unspecified atom stereocenters. The van der Waals surface area contributed by atoms with Gasteiger partial charge in [-0.1, -0.05) is 18.2 Å². The third-order valence-electron chi connectivity index (χ3n) is 7.00. The number of fused-ring (bicyclic) bond motifs is 1. The summed E-state index contributed by atoms with van der Waals surface area (Å²) in [4.78, 5) is 9.56. The zero-order chi connectivity index (χ0) is 26.6. The van der Waals surface area contributed by atoms with E-state index in [2.05, 4.69) is 56.3 Å². The number of rotatable bonds is 9. The van der Waals surface area contributed by atoms with Gasteiger partial charge in [0.15, 0.2) is 11.4 Å². The molecule has 2 aromatic carbocycles. The van der Waals surface area contributed by atoms with Crippen LogP contribution in [0.3, 0.4) is 0 Å². The van der Waals surface area contributed by atoms with Crippen LogP contribution in [0.4, 0.5) is 11.5 Å². The summed E-state index contributed by atoms with van der Waals surface area (Å²) in [6, 6.07) is 24.6. The van der Waals surface area contributed by atoms with E-state index >= 15 is 0 Å². The van der Waals surface area contributed by atoms with Gasteiger partial charge in [-0.05, 0) is 71.3 Å². The number of nitrogens with zero attached hydrogens (tertiary/aromatic N) is 5. The molecule has 5 aromatic rings. The summed E-state index contributed by atoms with van der Waals surface area (Å²) in [5.74, 6) is 2.54. The Morgan fingerprint density at radius 2 is 1.74 bits per heavy atom. The number of nitrogens with two attached hydrogens (primary N) is 1. The fourth-order valence-corrected chi connectivity index (χ4v) is 4.95. The van der Waals surface area contributed by atoms with Crippen molar-refractivity contribution in [1.82, 2.24) is 19.5 Å². The predicted octanol–water partition coefficient (Wildman–Crippen LogP) is 4.59. The molecular weight excluding hydrogens is 492 g/mol. The summed E-state index contributed by atoms with van der Waals surface area (Å²) >= 11 is 0. The summed E-state index contributed by atoms with van der Waals surface area (Å²) in [6.07, 6.45) is 1.61. The summed E-state index contributed by atoms with van der Waals surface area (Å²) in [7, 11) is 1.68. The SMILES string of the molecule is COCCOc1ccc(N2CCN(Cc3cccc(-c4cc(N)n5nc(-c6ccco6)nc5c4)c3)CC2)cc1. The topological polar surface area (TPSA) is 94.3 Å². The smallest absolute Gasteiger partial charge is 0.217 e. The van der Waals surface area contributed by atoms with E-state index in [0.717, 1.165) is 49.6 Å². The molecule has 0 atom stereocenters. The van der Waals surface area contributed by atoms with Crippen molar-refractivity contribution in [1.29, 1.82) is 0 Å². The lowest BCUT2D eigenvalue weighted by Gasteiger charge is -2.36. The lowest BCUT2D eigenvalue weighted by molar-refractivity contribution is 0.146. The molecule has 0 spiro atoms. The van der Waals surface area contributed by atoms with Gasteiger partial charge in [0.05, 0.1) is 12.9 Å². The lowest BCUT2D eigenvalue weighted by Crippen LogP contribution is -2.45. The first-order valence-electron chi connectivity index (χ1n) is 13.1. The minimum atomic E-state index is 0.517. The second kappa shape index (κ2) is 11.2. The number of anilines is 2. The summed E-state index contributed by atoms with van der Waals surface area (Å²) in [5.41, 5.74) is 11.7. The Morgan fingerprint density at radius 3 is 2.51 bits per heavy atom. The van der Waals surface area contributed by atoms with E-state index in [1.807, 2.05) is 36.4 Å². The van der Waals surface area contributed by atoms with Gasteiger partial charge in [-0.3, -0.25) is 4.90 Å². The first-order valence-corrected chi connectivity index (χ1v) is 13.1. The number of hydrogen-bond acceptors (Lipinski definition) is 8. The third kappa shape index (κ3) is 5.59. The Hall–Kier alpha value is -4.34. The Kier molecular flexibility index (Phi) is 7.16. The fraction of sp³-hybridized carbons (Fsp3) is 0.267. The van der Waals surface area contributed by atoms with Crippen molar-refractivity contribution in [3.63, 3.8) is 0 Å². The second-order valence-electron chi connectivity index (χ2n) is 9.65. The van der Waals surface area contributed by atoms with Crippen molar-refractivity contribution in [2.75, 3.05) is 57.1 Å². The maximum atomic E-state index is 6.35. The van der Waals surface area contributed by atoms with Crippen molar-refractivity contribution in [2.45, 2.75) is 6.54 Å². The van der Waals surface area contributed by atoms with E-state index in [1.165, 1.54) is 11.3 Å². The minimum Gasteiger partial charge on any atom is -0.491 e. The molecule has 1 saturated heterocycles. The van der Waals surface area contributed by atoms with Crippen LogP contribution in [0.2, 0.25) is 0 Å². The molecule has 0 saturated carbocycles. The molecule has 3 aromatic heterocycles. The number of aromatic nitrogens is 3. The standard InChI is InChI=1S/C30H32N6O3/c1-37-16-17-38-26-9-7-25(8-10-26)35-13-11-34(12-14-35)21-22-4-2-5-23(18-22)24-19-28(31)36-29(20-24)32-30(33-36)27-6-3-15-39-27/h2-10,15,18-20H,11-14,16-17,21,31H2,1H3. The number of ether oxygens (including phenoxy) is 2. The molecule has 0 radical (unpaired) electrons. The number of nitrogen functional groups attached to an aromatic ring is 1. The molecule has 0 amide bonds. The number of methoxy groups -OCH3 is 1. The van der Waals surface area contributed by atoms with E-state index in [-0.39, 0.29) is 0 Å². The van der Waals surface area contributed by atoms with Gasteiger partial charge in [-0.25, -0.2) is 4.98 Å². The van der Waals surface area contributed by atoms with Gasteiger partial charge in [-0.15, -0.1) is 5.10 Å². The Bertz CT molecular complexity index is 1520. The van der Waals surface area contributed by atoms with Crippen molar-refractivity contribution >= 4 is 17.2 Å². The van der Waals surface area contributed by atoms with Crippen LogP contribution < -0.4 is 15.4 Å². The zero-order valence-electron chi connectivity index (χ0n) is 22.0. The first-order chi connectivity index (χ1) is 19.2. The van der Waals surface area contributed by atoms with Crippen LogP contribution in [0.25, 0.3) is 28.4 Å². The van der Waals surface area contributed by atoms with Crippen LogP contribution in [0.1, 0.15) is 5.56 Å². The highest BCUT2D eigenvalue weighted by atomic mass is 16.5. The Morgan fingerprint density at radius 1 is 0.897 bits per heavy atom. The molecule has 1 aliphatic heterocycles. The lowest BCUT2D eigenvalue weighted by atomic mass is 10.0. The quantitative estimate of drug-likeness (QED) is 0.280. The number of pyridine rings is 1. The van der Waals surface area contributed by atoms with Crippen LogP contribution in [-0.4, -0.2) is 66.0 Å². The van der Waals surface area contributed by atoms with E-state index < -0.39 is 0 Å². The molecule has 1 aliphatic rings. The van der Waals surface area contributed by atoms with Crippen molar-refractivity contribution < 1.29 is 13.9 Å². The largest absolute Gasteiger partial charge is 0.491 e. The number of benzene rings is 2. The predicted molar refractivity (Wildman–Crippen MR) is 152 cm³/mol. The highest BCUT2D eigenvalue weighted by molar-refractivity contribution is 5.72. The first kappa shape index (κ1) is 25.0. The van der Waals surface area contributed by atoms with E-state index in [1.54, 1.807) is 17.9 Å². The summed E-state index contributed by atoms with van der Waals surface area (Å²) in [6.45, 7) is 6.04. The van der Waals surface area contributed by atoms with Gasteiger partial charge < -0.3 is 24.5 Å². The number of hydrogen-bond donors (Lipinski definition) is 1. The van der Waals surface area contributed by atoms with Crippen LogP contribution in [0.15, 0.2) is 83.5 Å². The molecule has 4 heterocycles. The third-order valence-corrected chi connectivity index (χ3v) is 7.00. The molecule has 200 valence electrons. The van der Waals surface area contributed by atoms with Crippen molar-refractivity contribution in [3.05, 3.63) is 84.6 Å². The van der Waals surface area contributed by atoms with Gasteiger partial charge >= 0.3 is 0 Å². The maximum absolute atomic E-state index is 6.35. The van der Waals surface area contributed by atoms with Gasteiger partial charge in [0.1, 0.15) is 18.2 Å². The monoisotopic (exact) mass is 524 g/mol. The minimum absolute atomic E-state index is 0.517. The molecule has 39 heavy (non-hydrogen) atoms. The average Bonchev–Trinajstić information content (AvgIpc) is 3.65. The number of furan rings is 1. The van der Waals surface area contributed by atoms with E-state index in [9.17, 15) is 0 Å². The highest BCUT2D eigenvalue weighted by Gasteiger charge is 2.18. The van der Waals surface area contributed by atoms with E-state index in [0.29, 0.717) is 36.3 Å². The molecule has 9 heteroatoms. The fourth-order valence-electron chi connectivity index (χ4n) is 4.95. The second-order valence-corrected chi connectivity index (χ2v) is 9.65. The Labute approximate surface area is 227 Å². The van der Waals surface area contributed by atoms with Crippen LogP contribution in [0, 0.1) is 0 Å². The van der Waals surface area contributed by atoms with Crippen LogP contribution >= 0.6 is 0 Å². The van der Waals surface area contributed by atoms with E-state index in [4.69, 9.17) is 19.6 Å². The highest BCUT2D eigenvalue weighted by Crippen LogP contribution is 2.27. The summed E-state index contributed by atoms with van der Waals surface area (Å²) < 4.78 is 17.8.